The van der Waals surface area contributed by atoms with E-state index in [1.54, 1.807) is 11.1 Å². The number of methoxy groups -OCH3 is 1. The number of alkyl carbamates (subject to hydrolysis) is 1. The predicted molar refractivity (Wildman–Crippen MR) is 142 cm³/mol. The molecule has 0 saturated carbocycles. The minimum atomic E-state index is -0.778. The van der Waals surface area contributed by atoms with E-state index < -0.39 is 36.5 Å². The highest BCUT2D eigenvalue weighted by molar-refractivity contribution is 6.62. The zero-order valence-corrected chi connectivity index (χ0v) is 23.1. The Kier molecular flexibility index (Phi) is 7.59. The largest absolute Gasteiger partial charge is 0.494 e. The molecule has 1 aromatic carbocycles. The van der Waals surface area contributed by atoms with Gasteiger partial charge in [-0.25, -0.2) is 9.78 Å². The van der Waals surface area contributed by atoms with Crippen LogP contribution in [0.5, 0.6) is 0 Å². The van der Waals surface area contributed by atoms with Crippen molar-refractivity contribution in [1.29, 1.82) is 5.26 Å². The van der Waals surface area contributed by atoms with Crippen molar-refractivity contribution in [3.63, 3.8) is 0 Å². The third kappa shape index (κ3) is 5.29. The number of carbonyl (C=O) groups is 2. The molecule has 0 radical (unpaired) electrons. The zero-order valence-electron chi connectivity index (χ0n) is 23.1. The van der Waals surface area contributed by atoms with Crippen LogP contribution in [-0.2, 0) is 18.8 Å². The van der Waals surface area contributed by atoms with E-state index in [2.05, 4.69) is 21.4 Å². The molecule has 2 saturated heterocycles. The minimum Gasteiger partial charge on any atom is -0.453 e. The molecule has 2 fully saturated rings. The van der Waals surface area contributed by atoms with Gasteiger partial charge in [-0.3, -0.25) is 4.79 Å². The Morgan fingerprint density at radius 3 is 2.39 bits per heavy atom. The number of nitriles is 1. The Morgan fingerprint density at radius 2 is 1.84 bits per heavy atom. The molecule has 2 amide bonds. The molecule has 4 rings (SSSR count). The fourth-order valence-corrected chi connectivity index (χ4v) is 4.76. The lowest BCUT2D eigenvalue weighted by Gasteiger charge is -2.32. The third-order valence-corrected chi connectivity index (χ3v) is 7.82. The van der Waals surface area contributed by atoms with E-state index in [0.29, 0.717) is 12.2 Å². The van der Waals surface area contributed by atoms with E-state index in [0.717, 1.165) is 16.7 Å². The van der Waals surface area contributed by atoms with Gasteiger partial charge >= 0.3 is 13.2 Å². The second-order valence-electron chi connectivity index (χ2n) is 11.3. The normalized spacial score (nSPS) is 22.8. The van der Waals surface area contributed by atoms with Crippen molar-refractivity contribution in [2.75, 3.05) is 13.7 Å². The van der Waals surface area contributed by atoms with Gasteiger partial charge in [-0.1, -0.05) is 38.1 Å². The lowest BCUT2D eigenvalue weighted by molar-refractivity contribution is -0.135. The van der Waals surface area contributed by atoms with Crippen LogP contribution < -0.4 is 10.8 Å². The number of aromatic amines is 1. The maximum Gasteiger partial charge on any atom is 0.494 e. The maximum absolute atomic E-state index is 13.5. The van der Waals surface area contributed by atoms with Crippen LogP contribution >= 0.6 is 0 Å². The number of hydrogen-bond acceptors (Lipinski definition) is 7. The number of amides is 2. The fourth-order valence-electron chi connectivity index (χ4n) is 4.76. The molecule has 3 atom stereocenters. The summed E-state index contributed by atoms with van der Waals surface area (Å²) in [5, 5.41) is 12.2. The van der Waals surface area contributed by atoms with Crippen LogP contribution in [-0.4, -0.2) is 64.9 Å². The Labute approximate surface area is 224 Å². The van der Waals surface area contributed by atoms with Crippen molar-refractivity contribution in [3.05, 3.63) is 36.3 Å². The number of imidazole rings is 1. The van der Waals surface area contributed by atoms with E-state index in [4.69, 9.17) is 14.0 Å². The molecule has 0 spiro atoms. The summed E-state index contributed by atoms with van der Waals surface area (Å²) in [4.78, 5) is 34.9. The number of hydrogen-bond donors (Lipinski definition) is 2. The first-order valence-electron chi connectivity index (χ1n) is 12.9. The molecular formula is C27H36BN5O5. The second-order valence-corrected chi connectivity index (χ2v) is 11.3. The Hall–Kier alpha value is -3.36. The van der Waals surface area contributed by atoms with Crippen LogP contribution in [0.15, 0.2) is 30.5 Å². The van der Waals surface area contributed by atoms with Crippen molar-refractivity contribution in [2.24, 2.45) is 11.8 Å². The summed E-state index contributed by atoms with van der Waals surface area (Å²) < 4.78 is 17.0. The molecular weight excluding hydrogens is 485 g/mol. The Morgan fingerprint density at radius 1 is 1.21 bits per heavy atom. The number of rotatable bonds is 6. The first kappa shape index (κ1) is 27.7. The topological polar surface area (TPSA) is 130 Å². The standard InChI is InChI=1S/C27H36BN5O5/c1-16(2)22(32-25(35)36-7)24(34)33-15-17(13-29)12-21(33)23-30-14-20(31-23)18-8-10-19(11-9-18)28-37-26(3,4)27(5,6)38-28/h8-11,14,16-17,21-22H,12,15H2,1-7H3,(H,30,31)(H,32,35). The molecule has 11 heteroatoms. The average Bonchev–Trinajstić information content (AvgIpc) is 3.57. The molecule has 3 unspecified atom stereocenters. The van der Waals surface area contributed by atoms with Gasteiger partial charge < -0.3 is 29.2 Å². The van der Waals surface area contributed by atoms with Gasteiger partial charge in [0.2, 0.25) is 5.91 Å². The van der Waals surface area contributed by atoms with Gasteiger partial charge in [0.15, 0.2) is 0 Å². The van der Waals surface area contributed by atoms with Crippen molar-refractivity contribution in [2.45, 2.75) is 71.2 Å². The highest BCUT2D eigenvalue weighted by Gasteiger charge is 2.51. The van der Waals surface area contributed by atoms with E-state index in [1.165, 1.54) is 7.11 Å². The lowest BCUT2D eigenvalue weighted by Crippen LogP contribution is -2.51. The van der Waals surface area contributed by atoms with Crippen LogP contribution in [0.1, 0.15) is 59.8 Å². The molecule has 0 bridgehead atoms. The highest BCUT2D eigenvalue weighted by atomic mass is 16.7. The summed E-state index contributed by atoms with van der Waals surface area (Å²) >= 11 is 0. The van der Waals surface area contributed by atoms with E-state index >= 15 is 0 Å². The van der Waals surface area contributed by atoms with Gasteiger partial charge in [-0.2, -0.15) is 5.26 Å². The summed E-state index contributed by atoms with van der Waals surface area (Å²) in [5.74, 6) is -0.166. The quantitative estimate of drug-likeness (QED) is 0.559. The van der Waals surface area contributed by atoms with Crippen molar-refractivity contribution < 1.29 is 23.6 Å². The van der Waals surface area contributed by atoms with Crippen molar-refractivity contribution >= 4 is 24.6 Å². The fraction of sp³-hybridized carbons (Fsp3) is 0.556. The maximum atomic E-state index is 13.5. The van der Waals surface area contributed by atoms with Crippen molar-refractivity contribution in [1.82, 2.24) is 20.2 Å². The van der Waals surface area contributed by atoms with Gasteiger partial charge in [0.25, 0.3) is 0 Å². The van der Waals surface area contributed by atoms with E-state index in [1.807, 2.05) is 65.8 Å². The summed E-state index contributed by atoms with van der Waals surface area (Å²) in [5.41, 5.74) is 1.81. The molecule has 202 valence electrons. The Balaban J connectivity index is 1.53. The number of likely N-dealkylation sites (tertiary alicyclic amines) is 1. The number of H-pyrrole nitrogens is 1. The molecule has 0 aliphatic carbocycles. The number of nitrogens with zero attached hydrogens (tertiary/aromatic N) is 3. The lowest BCUT2D eigenvalue weighted by atomic mass is 9.79. The molecule has 10 nitrogen and oxygen atoms in total. The first-order valence-corrected chi connectivity index (χ1v) is 12.9. The SMILES string of the molecule is COC(=O)NC(C(=O)N1CC(C#N)CC1c1ncc(-c2ccc(B3OC(C)(C)C(C)(C)O3)cc2)[nH]1)C(C)C. The van der Waals surface area contributed by atoms with Crippen LogP contribution in [0.2, 0.25) is 0 Å². The first-order chi connectivity index (χ1) is 17.9. The van der Waals surface area contributed by atoms with Crippen LogP contribution in [0.3, 0.4) is 0 Å². The van der Waals surface area contributed by atoms with Crippen LogP contribution in [0, 0.1) is 23.2 Å². The molecule has 1 aromatic heterocycles. The zero-order chi connectivity index (χ0) is 27.8. The van der Waals surface area contributed by atoms with E-state index in [-0.39, 0.29) is 24.3 Å². The minimum absolute atomic E-state index is 0.168. The van der Waals surface area contributed by atoms with Gasteiger partial charge in [0.1, 0.15) is 11.9 Å². The monoisotopic (exact) mass is 521 g/mol. The van der Waals surface area contributed by atoms with Gasteiger partial charge in [0, 0.05) is 6.54 Å². The smallest absolute Gasteiger partial charge is 0.453 e. The predicted octanol–water partition coefficient (Wildman–Crippen LogP) is 3.17. The molecule has 2 N–H and O–H groups in total. The van der Waals surface area contributed by atoms with Crippen LogP contribution in [0.4, 0.5) is 4.79 Å². The van der Waals surface area contributed by atoms with Crippen LogP contribution in [0.25, 0.3) is 11.3 Å². The molecule has 2 aliphatic rings. The second kappa shape index (κ2) is 10.4. The van der Waals surface area contributed by atoms with Gasteiger partial charge in [0.05, 0.1) is 48.2 Å². The average molecular weight is 521 g/mol. The van der Waals surface area contributed by atoms with E-state index in [9.17, 15) is 14.9 Å². The number of nitrogens with one attached hydrogen (secondary N) is 2. The third-order valence-electron chi connectivity index (χ3n) is 7.82. The number of benzene rings is 1. The van der Waals surface area contributed by atoms with Crippen molar-refractivity contribution in [3.8, 4) is 17.3 Å². The number of carbonyl (C=O) groups excluding carboxylic acids is 2. The number of ether oxygens (including phenoxy) is 1. The summed E-state index contributed by atoms with van der Waals surface area (Å²) in [6, 6.07) is 8.99. The summed E-state index contributed by atoms with van der Waals surface area (Å²) in [6.07, 6.45) is 1.52. The number of aromatic nitrogens is 2. The Bertz CT molecular complexity index is 1200. The molecule has 2 aliphatic heterocycles. The van der Waals surface area contributed by atoms with Gasteiger partial charge in [-0.15, -0.1) is 0 Å². The molecule has 2 aromatic rings. The summed E-state index contributed by atoms with van der Waals surface area (Å²) in [7, 11) is 0.813. The molecule has 38 heavy (non-hydrogen) atoms. The highest BCUT2D eigenvalue weighted by Crippen LogP contribution is 2.37. The van der Waals surface area contributed by atoms with Gasteiger partial charge in [-0.05, 0) is 51.1 Å². The summed E-state index contributed by atoms with van der Waals surface area (Å²) in [6.45, 7) is 12.1. The molecule has 3 heterocycles.